The summed E-state index contributed by atoms with van der Waals surface area (Å²) in [5.41, 5.74) is 1.67. The van der Waals surface area contributed by atoms with Gasteiger partial charge < -0.3 is 9.73 Å². The first-order chi connectivity index (χ1) is 10.3. The average molecular weight is 303 g/mol. The molecule has 1 unspecified atom stereocenters. The van der Waals surface area contributed by atoms with Crippen molar-refractivity contribution in [1.29, 1.82) is 0 Å². The van der Waals surface area contributed by atoms with Gasteiger partial charge in [0, 0.05) is 12.3 Å². The standard InChI is InChI=1S/C15H15ClN4O/c16-12-6-7-13(21-12)20-14-11(5-3-9-18-14)19-15(20)10-4-1-2-8-17-10/h3,5-7,9-10,17H,1-2,4,8H2. The zero-order chi connectivity index (χ0) is 14.2. The van der Waals surface area contributed by atoms with Crippen LogP contribution in [-0.2, 0) is 0 Å². The van der Waals surface area contributed by atoms with E-state index >= 15 is 0 Å². The van der Waals surface area contributed by atoms with Gasteiger partial charge >= 0.3 is 0 Å². The highest BCUT2D eigenvalue weighted by atomic mass is 35.5. The van der Waals surface area contributed by atoms with Crippen LogP contribution in [0.1, 0.15) is 31.1 Å². The summed E-state index contributed by atoms with van der Waals surface area (Å²) in [6, 6.07) is 7.67. The molecule has 1 N–H and O–H groups in total. The predicted octanol–water partition coefficient (Wildman–Crippen LogP) is 3.48. The second-order valence-electron chi connectivity index (χ2n) is 5.23. The summed E-state index contributed by atoms with van der Waals surface area (Å²) in [6.07, 6.45) is 5.25. The lowest BCUT2D eigenvalue weighted by Crippen LogP contribution is -2.29. The third kappa shape index (κ3) is 2.22. The molecule has 0 aliphatic carbocycles. The highest BCUT2D eigenvalue weighted by Gasteiger charge is 2.24. The van der Waals surface area contributed by atoms with Crippen LogP contribution in [0.5, 0.6) is 0 Å². The molecule has 1 saturated heterocycles. The molecule has 4 rings (SSSR count). The molecule has 108 valence electrons. The maximum atomic E-state index is 5.93. The van der Waals surface area contributed by atoms with Crippen LogP contribution >= 0.6 is 11.6 Å². The lowest BCUT2D eigenvalue weighted by Gasteiger charge is -2.23. The molecule has 0 spiro atoms. The predicted molar refractivity (Wildman–Crippen MR) is 80.7 cm³/mol. The molecular weight excluding hydrogens is 288 g/mol. The Hall–Kier alpha value is -1.85. The highest BCUT2D eigenvalue weighted by molar-refractivity contribution is 6.28. The van der Waals surface area contributed by atoms with Crippen LogP contribution in [0.4, 0.5) is 0 Å². The van der Waals surface area contributed by atoms with Gasteiger partial charge in [-0.25, -0.2) is 14.5 Å². The molecule has 0 bridgehead atoms. The molecule has 3 aromatic heterocycles. The molecule has 0 amide bonds. The van der Waals surface area contributed by atoms with E-state index in [1.807, 2.05) is 22.8 Å². The van der Waals surface area contributed by atoms with Crippen molar-refractivity contribution in [2.45, 2.75) is 25.3 Å². The molecule has 6 heteroatoms. The summed E-state index contributed by atoms with van der Waals surface area (Å²) < 4.78 is 7.55. The third-order valence-electron chi connectivity index (χ3n) is 3.84. The van der Waals surface area contributed by atoms with Gasteiger partial charge in [0.25, 0.3) is 0 Å². The molecule has 1 fully saturated rings. The minimum atomic E-state index is 0.219. The van der Waals surface area contributed by atoms with Crippen molar-refractivity contribution in [1.82, 2.24) is 19.9 Å². The van der Waals surface area contributed by atoms with Crippen molar-refractivity contribution in [2.75, 3.05) is 6.54 Å². The van der Waals surface area contributed by atoms with Crippen molar-refractivity contribution >= 4 is 22.8 Å². The van der Waals surface area contributed by atoms with Gasteiger partial charge in [-0.3, -0.25) is 0 Å². The van der Waals surface area contributed by atoms with Crippen molar-refractivity contribution < 1.29 is 4.42 Å². The van der Waals surface area contributed by atoms with E-state index in [2.05, 4.69) is 10.3 Å². The van der Waals surface area contributed by atoms with Crippen LogP contribution in [0, 0.1) is 0 Å². The number of pyridine rings is 1. The van der Waals surface area contributed by atoms with E-state index in [9.17, 15) is 0 Å². The largest absolute Gasteiger partial charge is 0.428 e. The molecule has 1 aliphatic heterocycles. The molecular formula is C15H15ClN4O. The first-order valence-electron chi connectivity index (χ1n) is 7.15. The minimum absolute atomic E-state index is 0.219. The Balaban J connectivity index is 1.92. The normalized spacial score (nSPS) is 19.2. The summed E-state index contributed by atoms with van der Waals surface area (Å²) in [6.45, 7) is 1.01. The van der Waals surface area contributed by atoms with E-state index in [0.717, 1.165) is 30.0 Å². The number of aromatic nitrogens is 3. The molecule has 21 heavy (non-hydrogen) atoms. The first kappa shape index (κ1) is 12.9. The SMILES string of the molecule is Clc1ccc(-n2c(C3CCCCN3)nc3cccnc32)o1. The number of hydrogen-bond donors (Lipinski definition) is 1. The number of furan rings is 1. The van der Waals surface area contributed by atoms with Crippen LogP contribution in [0.25, 0.3) is 17.0 Å². The Morgan fingerprint density at radius 3 is 3.00 bits per heavy atom. The molecule has 5 nitrogen and oxygen atoms in total. The summed E-state index contributed by atoms with van der Waals surface area (Å²) in [7, 11) is 0. The molecule has 0 saturated carbocycles. The topological polar surface area (TPSA) is 55.9 Å². The van der Waals surface area contributed by atoms with E-state index < -0.39 is 0 Å². The number of halogens is 1. The van der Waals surface area contributed by atoms with Crippen molar-refractivity contribution in [2.24, 2.45) is 0 Å². The van der Waals surface area contributed by atoms with Gasteiger partial charge in [0.1, 0.15) is 11.3 Å². The number of imidazole rings is 1. The van der Waals surface area contributed by atoms with E-state index in [1.165, 1.54) is 12.8 Å². The van der Waals surface area contributed by atoms with Crippen LogP contribution in [0.15, 0.2) is 34.9 Å². The Labute approximate surface area is 126 Å². The van der Waals surface area contributed by atoms with Gasteiger partial charge in [0.2, 0.25) is 5.88 Å². The molecule has 3 aromatic rings. The van der Waals surface area contributed by atoms with Crippen molar-refractivity contribution in [3.63, 3.8) is 0 Å². The van der Waals surface area contributed by atoms with Crippen LogP contribution in [0.3, 0.4) is 0 Å². The summed E-state index contributed by atoms with van der Waals surface area (Å²) in [4.78, 5) is 9.21. The zero-order valence-electron chi connectivity index (χ0n) is 11.4. The van der Waals surface area contributed by atoms with Crippen LogP contribution < -0.4 is 5.32 Å². The van der Waals surface area contributed by atoms with Gasteiger partial charge in [-0.15, -0.1) is 0 Å². The fraction of sp³-hybridized carbons (Fsp3) is 0.333. The molecule has 4 heterocycles. The Morgan fingerprint density at radius 1 is 1.29 bits per heavy atom. The Bertz CT molecular complexity index is 773. The monoisotopic (exact) mass is 302 g/mol. The number of hydrogen-bond acceptors (Lipinski definition) is 4. The fourth-order valence-corrected chi connectivity index (χ4v) is 3.02. The fourth-order valence-electron chi connectivity index (χ4n) is 2.88. The summed E-state index contributed by atoms with van der Waals surface area (Å²) in [5, 5.41) is 3.89. The van der Waals surface area contributed by atoms with Gasteiger partial charge in [-0.1, -0.05) is 6.42 Å². The summed E-state index contributed by atoms with van der Waals surface area (Å²) in [5.74, 6) is 1.60. The van der Waals surface area contributed by atoms with Gasteiger partial charge in [-0.2, -0.15) is 0 Å². The van der Waals surface area contributed by atoms with Gasteiger partial charge in [0.05, 0.1) is 6.04 Å². The number of fused-ring (bicyclic) bond motifs is 1. The van der Waals surface area contributed by atoms with Crippen LogP contribution in [-0.4, -0.2) is 21.1 Å². The number of rotatable bonds is 2. The molecule has 1 atom stereocenters. The quantitative estimate of drug-likeness (QED) is 0.787. The van der Waals surface area contributed by atoms with E-state index in [4.69, 9.17) is 21.0 Å². The lowest BCUT2D eigenvalue weighted by atomic mass is 10.0. The number of nitrogens with zero attached hydrogens (tertiary/aromatic N) is 3. The smallest absolute Gasteiger partial charge is 0.208 e. The highest BCUT2D eigenvalue weighted by Crippen LogP contribution is 2.29. The molecule has 0 radical (unpaired) electrons. The maximum absolute atomic E-state index is 5.93. The van der Waals surface area contributed by atoms with Gasteiger partial charge in [0.15, 0.2) is 10.9 Å². The maximum Gasteiger partial charge on any atom is 0.208 e. The zero-order valence-corrected chi connectivity index (χ0v) is 12.2. The van der Waals surface area contributed by atoms with Crippen molar-refractivity contribution in [3.05, 3.63) is 41.5 Å². The lowest BCUT2D eigenvalue weighted by molar-refractivity contribution is 0.390. The molecule has 0 aromatic carbocycles. The first-order valence-corrected chi connectivity index (χ1v) is 7.53. The number of nitrogens with one attached hydrogen (secondary N) is 1. The molecule has 1 aliphatic rings. The van der Waals surface area contributed by atoms with Crippen LogP contribution in [0.2, 0.25) is 5.22 Å². The third-order valence-corrected chi connectivity index (χ3v) is 4.05. The second-order valence-corrected chi connectivity index (χ2v) is 5.60. The Kier molecular flexibility index (Phi) is 3.16. The van der Waals surface area contributed by atoms with Gasteiger partial charge in [-0.05, 0) is 49.2 Å². The minimum Gasteiger partial charge on any atom is -0.428 e. The Morgan fingerprint density at radius 2 is 2.24 bits per heavy atom. The van der Waals surface area contributed by atoms with E-state index in [-0.39, 0.29) is 6.04 Å². The summed E-state index contributed by atoms with van der Waals surface area (Å²) >= 11 is 5.93. The number of piperidine rings is 1. The van der Waals surface area contributed by atoms with E-state index in [1.54, 1.807) is 12.3 Å². The van der Waals surface area contributed by atoms with E-state index in [0.29, 0.717) is 11.1 Å². The second kappa shape index (κ2) is 5.16. The van der Waals surface area contributed by atoms with Crippen molar-refractivity contribution in [3.8, 4) is 5.88 Å². The average Bonchev–Trinajstić information content (AvgIpc) is 3.11.